The second kappa shape index (κ2) is 7.84. The molecule has 0 atom stereocenters. The second-order valence-electron chi connectivity index (χ2n) is 6.41. The van der Waals surface area contributed by atoms with Gasteiger partial charge in [0.05, 0.1) is 22.8 Å². The van der Waals surface area contributed by atoms with Crippen LogP contribution in [0.5, 0.6) is 11.5 Å². The molecule has 0 fully saturated rings. The molecule has 0 aliphatic rings. The highest BCUT2D eigenvalue weighted by Gasteiger charge is 2.10. The van der Waals surface area contributed by atoms with Crippen LogP contribution in [0.3, 0.4) is 0 Å². The zero-order chi connectivity index (χ0) is 19.3. The zero-order valence-electron chi connectivity index (χ0n) is 15.5. The van der Waals surface area contributed by atoms with Gasteiger partial charge in [0.15, 0.2) is 0 Å². The van der Waals surface area contributed by atoms with E-state index in [2.05, 4.69) is 16.5 Å². The fourth-order valence-electron chi connectivity index (χ4n) is 2.80. The second-order valence-corrected chi connectivity index (χ2v) is 6.41. The van der Waals surface area contributed by atoms with Gasteiger partial charge in [-0.05, 0) is 48.9 Å². The average molecular weight is 365 g/mol. The monoisotopic (exact) mass is 365 g/mol. The molecule has 0 spiro atoms. The summed E-state index contributed by atoms with van der Waals surface area (Å²) in [4.78, 5) is 13.6. The van der Waals surface area contributed by atoms with Crippen molar-refractivity contribution in [2.75, 3.05) is 0 Å². The van der Waals surface area contributed by atoms with Crippen LogP contribution >= 0.6 is 0 Å². The van der Waals surface area contributed by atoms with Gasteiger partial charge in [0.25, 0.3) is 0 Å². The molecule has 4 rings (SSSR count). The number of pyridine rings is 3. The van der Waals surface area contributed by atoms with Gasteiger partial charge in [0.2, 0.25) is 0 Å². The SMILES string of the molecule is C=C(C)c1ccc(Oc2cc(-c3ccccn3)nc(-c3ccccn3)c2)cc1. The summed E-state index contributed by atoms with van der Waals surface area (Å²) < 4.78 is 6.11. The van der Waals surface area contributed by atoms with E-state index in [0.29, 0.717) is 5.75 Å². The summed E-state index contributed by atoms with van der Waals surface area (Å²) in [5.41, 5.74) is 5.14. The maximum Gasteiger partial charge on any atom is 0.131 e. The fraction of sp³-hybridized carbons (Fsp3) is 0.0417. The molecular formula is C24H19N3O. The Morgan fingerprint density at radius 3 is 1.75 bits per heavy atom. The van der Waals surface area contributed by atoms with E-state index in [-0.39, 0.29) is 0 Å². The third-order valence-electron chi connectivity index (χ3n) is 4.24. The van der Waals surface area contributed by atoms with Crippen molar-refractivity contribution in [3.8, 4) is 34.3 Å². The molecule has 0 aliphatic carbocycles. The number of hydrogen-bond donors (Lipinski definition) is 0. The van der Waals surface area contributed by atoms with E-state index < -0.39 is 0 Å². The Morgan fingerprint density at radius 2 is 1.29 bits per heavy atom. The molecule has 1 aromatic carbocycles. The van der Waals surface area contributed by atoms with Gasteiger partial charge in [-0.3, -0.25) is 9.97 Å². The maximum absolute atomic E-state index is 6.11. The van der Waals surface area contributed by atoms with Crippen molar-refractivity contribution in [3.05, 3.63) is 97.3 Å². The van der Waals surface area contributed by atoms with Gasteiger partial charge in [0, 0.05) is 24.5 Å². The van der Waals surface area contributed by atoms with Gasteiger partial charge < -0.3 is 4.74 Å². The molecule has 0 amide bonds. The molecule has 0 radical (unpaired) electrons. The van der Waals surface area contributed by atoms with Crippen LogP contribution < -0.4 is 4.74 Å². The quantitative estimate of drug-likeness (QED) is 0.433. The Morgan fingerprint density at radius 1 is 0.714 bits per heavy atom. The molecule has 0 unspecified atom stereocenters. The minimum atomic E-state index is 0.680. The van der Waals surface area contributed by atoms with Crippen molar-refractivity contribution in [1.29, 1.82) is 0 Å². The summed E-state index contributed by atoms with van der Waals surface area (Å²) in [6.07, 6.45) is 3.50. The molecular weight excluding hydrogens is 346 g/mol. The molecule has 3 heterocycles. The van der Waals surface area contributed by atoms with Crippen LogP contribution in [0.1, 0.15) is 12.5 Å². The van der Waals surface area contributed by atoms with Crippen molar-refractivity contribution in [2.45, 2.75) is 6.92 Å². The largest absolute Gasteiger partial charge is 0.457 e. The van der Waals surface area contributed by atoms with Gasteiger partial charge in [0.1, 0.15) is 11.5 Å². The van der Waals surface area contributed by atoms with Crippen LogP contribution in [0.4, 0.5) is 0 Å². The lowest BCUT2D eigenvalue weighted by molar-refractivity contribution is 0.482. The molecule has 4 nitrogen and oxygen atoms in total. The lowest BCUT2D eigenvalue weighted by Gasteiger charge is -2.11. The summed E-state index contributed by atoms with van der Waals surface area (Å²) in [5.74, 6) is 1.43. The maximum atomic E-state index is 6.11. The molecule has 4 heteroatoms. The highest BCUT2D eigenvalue weighted by atomic mass is 16.5. The smallest absolute Gasteiger partial charge is 0.131 e. The summed E-state index contributed by atoms with van der Waals surface area (Å²) in [6.45, 7) is 5.95. The van der Waals surface area contributed by atoms with E-state index >= 15 is 0 Å². The van der Waals surface area contributed by atoms with Crippen LogP contribution in [0.15, 0.2) is 91.8 Å². The number of rotatable bonds is 5. The number of benzene rings is 1. The third kappa shape index (κ3) is 3.96. The van der Waals surface area contributed by atoms with Crippen molar-refractivity contribution in [2.24, 2.45) is 0 Å². The number of allylic oxidation sites excluding steroid dienone is 1. The number of nitrogens with zero attached hydrogens (tertiary/aromatic N) is 3. The van der Waals surface area contributed by atoms with E-state index in [9.17, 15) is 0 Å². The fourth-order valence-corrected chi connectivity index (χ4v) is 2.80. The minimum absolute atomic E-state index is 0.680. The number of ether oxygens (including phenoxy) is 1. The van der Waals surface area contributed by atoms with Gasteiger partial charge in [-0.15, -0.1) is 0 Å². The predicted octanol–water partition coefficient (Wildman–Crippen LogP) is 6.03. The van der Waals surface area contributed by atoms with E-state index in [0.717, 1.165) is 39.7 Å². The van der Waals surface area contributed by atoms with Gasteiger partial charge in [-0.1, -0.05) is 36.4 Å². The summed E-state index contributed by atoms with van der Waals surface area (Å²) >= 11 is 0. The summed E-state index contributed by atoms with van der Waals surface area (Å²) in [5, 5.41) is 0. The Bertz CT molecular complexity index is 1030. The predicted molar refractivity (Wildman–Crippen MR) is 112 cm³/mol. The molecule has 0 saturated heterocycles. The first-order valence-corrected chi connectivity index (χ1v) is 8.98. The van der Waals surface area contributed by atoms with Crippen LogP contribution in [-0.2, 0) is 0 Å². The first kappa shape index (κ1) is 17.6. The van der Waals surface area contributed by atoms with Crippen LogP contribution in [-0.4, -0.2) is 15.0 Å². The topological polar surface area (TPSA) is 47.9 Å². The molecule has 0 bridgehead atoms. The first-order valence-electron chi connectivity index (χ1n) is 8.98. The normalized spacial score (nSPS) is 10.5. The van der Waals surface area contributed by atoms with Gasteiger partial charge >= 0.3 is 0 Å². The molecule has 0 aliphatic heterocycles. The Balaban J connectivity index is 1.74. The first-order chi connectivity index (χ1) is 13.7. The standard InChI is InChI=1S/C24H19N3O/c1-17(2)18-9-11-19(12-10-18)28-20-15-23(21-7-3-5-13-25-21)27-24(16-20)22-8-4-6-14-26-22/h3-16H,1H2,2H3. The van der Waals surface area contributed by atoms with E-state index in [1.165, 1.54) is 0 Å². The molecule has 4 aromatic rings. The average Bonchev–Trinajstić information content (AvgIpc) is 2.75. The molecule has 0 N–H and O–H groups in total. The Kier molecular flexibility index (Phi) is 4.93. The van der Waals surface area contributed by atoms with E-state index in [1.807, 2.05) is 79.7 Å². The van der Waals surface area contributed by atoms with Crippen LogP contribution in [0.2, 0.25) is 0 Å². The van der Waals surface area contributed by atoms with E-state index in [1.54, 1.807) is 12.4 Å². The number of hydrogen-bond acceptors (Lipinski definition) is 4. The molecule has 0 saturated carbocycles. The highest BCUT2D eigenvalue weighted by molar-refractivity contribution is 5.65. The highest BCUT2D eigenvalue weighted by Crippen LogP contribution is 2.30. The third-order valence-corrected chi connectivity index (χ3v) is 4.24. The van der Waals surface area contributed by atoms with E-state index in [4.69, 9.17) is 9.72 Å². The van der Waals surface area contributed by atoms with Crippen LogP contribution in [0, 0.1) is 0 Å². The minimum Gasteiger partial charge on any atom is -0.457 e. The molecule has 28 heavy (non-hydrogen) atoms. The Labute approximate surface area is 164 Å². The lowest BCUT2D eigenvalue weighted by atomic mass is 10.1. The summed E-state index contributed by atoms with van der Waals surface area (Å²) in [7, 11) is 0. The van der Waals surface area contributed by atoms with Crippen molar-refractivity contribution in [1.82, 2.24) is 15.0 Å². The van der Waals surface area contributed by atoms with Crippen molar-refractivity contribution < 1.29 is 4.74 Å². The Hall–Kier alpha value is -3.79. The van der Waals surface area contributed by atoms with Gasteiger partial charge in [-0.2, -0.15) is 0 Å². The zero-order valence-corrected chi connectivity index (χ0v) is 15.5. The van der Waals surface area contributed by atoms with Gasteiger partial charge in [-0.25, -0.2) is 4.98 Å². The van der Waals surface area contributed by atoms with Crippen LogP contribution in [0.25, 0.3) is 28.3 Å². The lowest BCUT2D eigenvalue weighted by Crippen LogP contribution is -1.94. The summed E-state index contributed by atoms with van der Waals surface area (Å²) in [6, 6.07) is 23.1. The number of aromatic nitrogens is 3. The van der Waals surface area contributed by atoms with Crippen molar-refractivity contribution in [3.63, 3.8) is 0 Å². The molecule has 136 valence electrons. The molecule has 3 aromatic heterocycles. The van der Waals surface area contributed by atoms with Crippen molar-refractivity contribution >= 4 is 5.57 Å².